The van der Waals surface area contributed by atoms with E-state index in [1.54, 1.807) is 0 Å². The Hall–Kier alpha value is -2.96. The number of nitrogens with two attached hydrogens (primary N) is 1. The van der Waals surface area contributed by atoms with Gasteiger partial charge in [0, 0.05) is 42.5 Å². The van der Waals surface area contributed by atoms with Crippen molar-refractivity contribution in [3.05, 3.63) is 41.6 Å². The highest BCUT2D eigenvalue weighted by molar-refractivity contribution is 5.92. The van der Waals surface area contributed by atoms with E-state index >= 15 is 0 Å². The number of nitrogens with one attached hydrogen (secondary N) is 1. The maximum atomic E-state index is 6.13. The van der Waals surface area contributed by atoms with Crippen molar-refractivity contribution in [2.45, 2.75) is 32.7 Å². The van der Waals surface area contributed by atoms with Crippen molar-refractivity contribution >= 4 is 17.5 Å². The van der Waals surface area contributed by atoms with Gasteiger partial charge in [-0.3, -0.25) is 0 Å². The lowest BCUT2D eigenvalue weighted by Gasteiger charge is -2.20. The molecule has 0 amide bonds. The predicted octanol–water partition coefficient (Wildman–Crippen LogP) is 3.08. The molecular weight excluding hydrogens is 354 g/mol. The van der Waals surface area contributed by atoms with E-state index in [4.69, 9.17) is 20.2 Å². The van der Waals surface area contributed by atoms with Crippen LogP contribution in [0.15, 0.2) is 35.3 Å². The van der Waals surface area contributed by atoms with Crippen molar-refractivity contribution in [1.29, 1.82) is 0 Å². The van der Waals surface area contributed by atoms with E-state index in [9.17, 15) is 0 Å². The normalized spacial score (nSPS) is 16.8. The highest BCUT2D eigenvalue weighted by Gasteiger charge is 2.17. The van der Waals surface area contributed by atoms with Crippen molar-refractivity contribution < 1.29 is 9.47 Å². The maximum Gasteiger partial charge on any atom is 0.193 e. The number of benzene rings is 1. The highest BCUT2D eigenvalue weighted by atomic mass is 16.5. The van der Waals surface area contributed by atoms with Gasteiger partial charge >= 0.3 is 0 Å². The SMILES string of the molecule is Cc1ccc(CN=C(N)Nc2ccc3c(c2)OCCCO3)c(N2CCCC2)n1. The second-order valence-electron chi connectivity index (χ2n) is 7.17. The molecule has 2 aliphatic heterocycles. The molecule has 2 aliphatic rings. The molecule has 0 radical (unpaired) electrons. The third-order valence-corrected chi connectivity index (χ3v) is 4.94. The van der Waals surface area contributed by atoms with Gasteiger partial charge in [-0.25, -0.2) is 9.98 Å². The zero-order valence-corrected chi connectivity index (χ0v) is 16.3. The first-order valence-corrected chi connectivity index (χ1v) is 9.87. The van der Waals surface area contributed by atoms with Crippen LogP contribution < -0.4 is 25.4 Å². The Balaban J connectivity index is 1.46. The largest absolute Gasteiger partial charge is 0.490 e. The third-order valence-electron chi connectivity index (χ3n) is 4.94. The van der Waals surface area contributed by atoms with Crippen LogP contribution in [0.4, 0.5) is 11.5 Å². The number of fused-ring (bicyclic) bond motifs is 1. The van der Waals surface area contributed by atoms with Crippen molar-refractivity contribution in [2.75, 3.05) is 36.5 Å². The standard InChI is InChI=1S/C21H27N5O2/c1-15-5-6-16(20(24-15)26-9-2-3-10-26)14-23-21(22)25-17-7-8-18-19(13-17)28-12-4-11-27-18/h5-8,13H,2-4,9-12,14H2,1H3,(H3,22,23,25). The Bertz CT molecular complexity index is 862. The van der Waals surface area contributed by atoms with Gasteiger partial charge in [0.2, 0.25) is 0 Å². The summed E-state index contributed by atoms with van der Waals surface area (Å²) < 4.78 is 11.4. The molecule has 1 aromatic heterocycles. The van der Waals surface area contributed by atoms with Gasteiger partial charge in [-0.2, -0.15) is 0 Å². The van der Waals surface area contributed by atoms with Crippen molar-refractivity contribution in [3.8, 4) is 11.5 Å². The second-order valence-corrected chi connectivity index (χ2v) is 7.17. The number of hydrogen-bond donors (Lipinski definition) is 2. The molecule has 0 aliphatic carbocycles. The Kier molecular flexibility index (Phi) is 5.50. The van der Waals surface area contributed by atoms with E-state index in [1.165, 1.54) is 12.8 Å². The van der Waals surface area contributed by atoms with Gasteiger partial charge in [0.15, 0.2) is 17.5 Å². The Morgan fingerprint density at radius 1 is 1.11 bits per heavy atom. The lowest BCUT2D eigenvalue weighted by Crippen LogP contribution is -2.23. The number of guanidine groups is 1. The van der Waals surface area contributed by atoms with Crippen LogP contribution in [0.1, 0.15) is 30.5 Å². The average molecular weight is 381 g/mol. The molecule has 1 fully saturated rings. The van der Waals surface area contributed by atoms with Crippen LogP contribution in [0, 0.1) is 6.92 Å². The molecule has 1 saturated heterocycles. The lowest BCUT2D eigenvalue weighted by atomic mass is 10.2. The number of rotatable bonds is 4. The number of ether oxygens (including phenoxy) is 2. The fourth-order valence-electron chi connectivity index (χ4n) is 3.50. The fourth-order valence-corrected chi connectivity index (χ4v) is 3.50. The van der Waals surface area contributed by atoms with Gasteiger partial charge in [0.05, 0.1) is 19.8 Å². The van der Waals surface area contributed by atoms with Crippen LogP contribution in [0.2, 0.25) is 0 Å². The summed E-state index contributed by atoms with van der Waals surface area (Å²) in [5, 5.41) is 3.14. The Labute approximate surface area is 165 Å². The first-order valence-electron chi connectivity index (χ1n) is 9.87. The van der Waals surface area contributed by atoms with E-state index in [2.05, 4.69) is 21.3 Å². The minimum Gasteiger partial charge on any atom is -0.490 e. The molecule has 2 aromatic rings. The van der Waals surface area contributed by atoms with E-state index in [0.29, 0.717) is 25.7 Å². The van der Waals surface area contributed by atoms with Gasteiger partial charge in [0.25, 0.3) is 0 Å². The summed E-state index contributed by atoms with van der Waals surface area (Å²) in [6.07, 6.45) is 3.31. The average Bonchev–Trinajstić information content (AvgIpc) is 3.13. The smallest absolute Gasteiger partial charge is 0.193 e. The van der Waals surface area contributed by atoms with Gasteiger partial charge in [0.1, 0.15) is 5.82 Å². The van der Waals surface area contributed by atoms with Gasteiger partial charge in [-0.1, -0.05) is 6.07 Å². The van der Waals surface area contributed by atoms with Crippen LogP contribution in [0.3, 0.4) is 0 Å². The van der Waals surface area contributed by atoms with Crippen molar-refractivity contribution in [1.82, 2.24) is 4.98 Å². The Morgan fingerprint density at radius 3 is 2.71 bits per heavy atom. The zero-order valence-electron chi connectivity index (χ0n) is 16.3. The second kappa shape index (κ2) is 8.37. The van der Waals surface area contributed by atoms with Crippen LogP contribution in [-0.2, 0) is 6.54 Å². The number of pyridine rings is 1. The quantitative estimate of drug-likeness (QED) is 0.625. The molecule has 148 valence electrons. The molecule has 4 rings (SSSR count). The van der Waals surface area contributed by atoms with Crippen molar-refractivity contribution in [3.63, 3.8) is 0 Å². The fraction of sp³-hybridized carbons (Fsp3) is 0.429. The number of aliphatic imine (C=N–C) groups is 1. The number of nitrogens with zero attached hydrogens (tertiary/aromatic N) is 3. The number of aromatic nitrogens is 1. The van der Waals surface area contributed by atoms with E-state index in [0.717, 1.165) is 53.8 Å². The molecule has 3 N–H and O–H groups in total. The lowest BCUT2D eigenvalue weighted by molar-refractivity contribution is 0.297. The molecule has 28 heavy (non-hydrogen) atoms. The van der Waals surface area contributed by atoms with Gasteiger partial charge in [-0.05, 0) is 38.0 Å². The molecule has 0 spiro atoms. The number of aryl methyl sites for hydroxylation is 1. The molecular formula is C21H27N5O2. The first-order chi connectivity index (χ1) is 13.7. The summed E-state index contributed by atoms with van der Waals surface area (Å²) in [7, 11) is 0. The molecule has 0 saturated carbocycles. The van der Waals surface area contributed by atoms with Crippen LogP contribution >= 0.6 is 0 Å². The maximum absolute atomic E-state index is 6.13. The monoisotopic (exact) mass is 381 g/mol. The van der Waals surface area contributed by atoms with E-state index in [1.807, 2.05) is 31.2 Å². The van der Waals surface area contributed by atoms with Crippen LogP contribution in [-0.4, -0.2) is 37.2 Å². The molecule has 0 unspecified atom stereocenters. The van der Waals surface area contributed by atoms with Gasteiger partial charge < -0.3 is 25.4 Å². The van der Waals surface area contributed by atoms with E-state index < -0.39 is 0 Å². The topological polar surface area (TPSA) is 85.0 Å². The molecule has 1 aromatic carbocycles. The molecule has 7 heteroatoms. The Morgan fingerprint density at radius 2 is 1.89 bits per heavy atom. The zero-order chi connectivity index (χ0) is 19.3. The molecule has 0 atom stereocenters. The molecule has 7 nitrogen and oxygen atoms in total. The van der Waals surface area contributed by atoms with Crippen LogP contribution in [0.5, 0.6) is 11.5 Å². The first kappa shape index (κ1) is 18.4. The molecule has 3 heterocycles. The van der Waals surface area contributed by atoms with Crippen molar-refractivity contribution in [2.24, 2.45) is 10.7 Å². The summed E-state index contributed by atoms with van der Waals surface area (Å²) in [6.45, 7) is 5.94. The minimum absolute atomic E-state index is 0.363. The summed E-state index contributed by atoms with van der Waals surface area (Å²) in [6, 6.07) is 9.83. The highest BCUT2D eigenvalue weighted by Crippen LogP contribution is 2.32. The summed E-state index contributed by atoms with van der Waals surface area (Å²) in [4.78, 5) is 11.6. The number of hydrogen-bond acceptors (Lipinski definition) is 5. The van der Waals surface area contributed by atoms with Crippen LogP contribution in [0.25, 0.3) is 0 Å². The minimum atomic E-state index is 0.363. The summed E-state index contributed by atoms with van der Waals surface area (Å²) >= 11 is 0. The summed E-state index contributed by atoms with van der Waals surface area (Å²) in [5.41, 5.74) is 9.07. The third kappa shape index (κ3) is 4.30. The van der Waals surface area contributed by atoms with E-state index in [-0.39, 0.29) is 0 Å². The predicted molar refractivity (Wildman–Crippen MR) is 111 cm³/mol. The summed E-state index contributed by atoms with van der Waals surface area (Å²) in [5.74, 6) is 2.89. The van der Waals surface area contributed by atoms with Gasteiger partial charge in [-0.15, -0.1) is 0 Å². The molecule has 0 bridgehead atoms. The number of anilines is 2.